The van der Waals surface area contributed by atoms with Crippen molar-refractivity contribution >= 4 is 27.9 Å². The number of hydrogen-bond acceptors (Lipinski definition) is 1. The predicted molar refractivity (Wildman–Crippen MR) is 54.1 cm³/mol. The Labute approximate surface area is 79.5 Å². The Morgan fingerprint density at radius 3 is 1.93 bits per heavy atom. The molecule has 68 valence electrons. The van der Waals surface area contributed by atoms with E-state index in [0.717, 1.165) is 21.8 Å². The van der Waals surface area contributed by atoms with Crippen LogP contribution in [0, 0.1) is 0 Å². The van der Waals surface area contributed by atoms with Gasteiger partial charge in [0.15, 0.2) is 0 Å². The number of nitrogens with zero attached hydrogens (tertiary/aromatic N) is 1. The van der Waals surface area contributed by atoms with Crippen molar-refractivity contribution in [1.82, 2.24) is 4.57 Å². The Hall–Kier alpha value is -2.03. The van der Waals surface area contributed by atoms with Gasteiger partial charge in [-0.1, -0.05) is 24.3 Å². The summed E-state index contributed by atoms with van der Waals surface area (Å²) in [5, 5.41) is 11.0. The molecule has 2 aromatic heterocycles. The Morgan fingerprint density at radius 2 is 1.50 bits per heavy atom. The maximum atomic E-state index is 11.0. The Kier molecular flexibility index (Phi) is 1.19. The summed E-state index contributed by atoms with van der Waals surface area (Å²) in [6.07, 6.45) is -0.920. The maximum absolute atomic E-state index is 11.0. The first-order valence-corrected chi connectivity index (χ1v) is 4.34. The van der Waals surface area contributed by atoms with Gasteiger partial charge in [0.1, 0.15) is 0 Å². The van der Waals surface area contributed by atoms with E-state index >= 15 is 0 Å². The molecule has 0 aliphatic carbocycles. The molecule has 0 atom stereocenters. The number of carbonyl (C=O) groups is 1. The fraction of sp³-hybridized carbons (Fsp3) is 0. The Balaban J connectivity index is 2.61. The van der Waals surface area contributed by atoms with Gasteiger partial charge in [0.25, 0.3) is 0 Å². The second kappa shape index (κ2) is 2.26. The van der Waals surface area contributed by atoms with Crippen LogP contribution in [0.1, 0.15) is 0 Å². The molecule has 3 heteroatoms. The van der Waals surface area contributed by atoms with Crippen LogP contribution in [0.5, 0.6) is 0 Å². The van der Waals surface area contributed by atoms with Crippen molar-refractivity contribution in [1.29, 1.82) is 0 Å². The molecule has 0 spiro atoms. The van der Waals surface area contributed by atoms with Crippen LogP contribution in [-0.4, -0.2) is 15.8 Å². The summed E-state index contributed by atoms with van der Waals surface area (Å²) in [6.45, 7) is 0. The van der Waals surface area contributed by atoms with Crippen LogP contribution in [0.3, 0.4) is 0 Å². The number of rotatable bonds is 0. The topological polar surface area (TPSA) is 42.2 Å². The van der Waals surface area contributed by atoms with Gasteiger partial charge in [-0.3, -0.25) is 0 Å². The molecular formula is C11H7NO2. The highest BCUT2D eigenvalue weighted by atomic mass is 16.4. The molecular weight excluding hydrogens is 178 g/mol. The van der Waals surface area contributed by atoms with E-state index in [1.165, 1.54) is 4.57 Å². The smallest absolute Gasteiger partial charge is 0.416 e. The van der Waals surface area contributed by atoms with Crippen molar-refractivity contribution in [2.24, 2.45) is 0 Å². The molecule has 0 saturated heterocycles. The Morgan fingerprint density at radius 1 is 1.00 bits per heavy atom. The number of hydrogen-bond donors (Lipinski definition) is 1. The third kappa shape index (κ3) is 0.695. The first-order chi connectivity index (χ1) is 6.79. The predicted octanol–water partition coefficient (Wildman–Crippen LogP) is 2.76. The lowest BCUT2D eigenvalue weighted by Gasteiger charge is -1.91. The lowest BCUT2D eigenvalue weighted by Crippen LogP contribution is -2.04. The van der Waals surface area contributed by atoms with Crippen LogP contribution in [0.25, 0.3) is 21.8 Å². The summed E-state index contributed by atoms with van der Waals surface area (Å²) in [7, 11) is 0. The Bertz CT molecular complexity index is 577. The monoisotopic (exact) mass is 185 g/mol. The van der Waals surface area contributed by atoms with Crippen LogP contribution in [0.4, 0.5) is 4.79 Å². The van der Waals surface area contributed by atoms with Gasteiger partial charge >= 0.3 is 6.09 Å². The van der Waals surface area contributed by atoms with Crippen molar-refractivity contribution in [3.8, 4) is 0 Å². The molecule has 2 heterocycles. The quantitative estimate of drug-likeness (QED) is 0.585. The van der Waals surface area contributed by atoms with Crippen molar-refractivity contribution in [3.05, 3.63) is 36.4 Å². The molecule has 0 saturated carbocycles. The maximum Gasteiger partial charge on any atom is 0.416 e. The first-order valence-electron chi connectivity index (χ1n) is 4.34. The van der Waals surface area contributed by atoms with E-state index in [1.807, 2.05) is 36.4 Å². The van der Waals surface area contributed by atoms with E-state index in [4.69, 9.17) is 5.11 Å². The van der Waals surface area contributed by atoms with Crippen LogP contribution < -0.4 is 0 Å². The lowest BCUT2D eigenvalue weighted by atomic mass is 10.1. The summed E-state index contributed by atoms with van der Waals surface area (Å²) in [4.78, 5) is 11.0. The van der Waals surface area contributed by atoms with Gasteiger partial charge in [-0.2, -0.15) is 0 Å². The highest BCUT2D eigenvalue weighted by Crippen LogP contribution is 2.30. The summed E-state index contributed by atoms with van der Waals surface area (Å²) in [5.41, 5.74) is 1.53. The lowest BCUT2D eigenvalue weighted by molar-refractivity contribution is 0.198. The molecule has 1 aromatic carbocycles. The molecule has 0 amide bonds. The van der Waals surface area contributed by atoms with Gasteiger partial charge in [-0.25, -0.2) is 9.36 Å². The number of fused-ring (bicyclic) bond motifs is 5. The van der Waals surface area contributed by atoms with Gasteiger partial charge < -0.3 is 5.11 Å². The fourth-order valence-corrected chi connectivity index (χ4v) is 1.99. The number of aromatic nitrogens is 1. The largest absolute Gasteiger partial charge is 0.464 e. The second-order valence-corrected chi connectivity index (χ2v) is 3.27. The average Bonchev–Trinajstić information content (AvgIpc) is 2.73. The minimum Gasteiger partial charge on any atom is -0.464 e. The molecule has 3 rings (SSSR count). The minimum atomic E-state index is -0.920. The van der Waals surface area contributed by atoms with Gasteiger partial charge in [0.05, 0.1) is 11.0 Å². The van der Waals surface area contributed by atoms with Crippen molar-refractivity contribution in [2.75, 3.05) is 0 Å². The molecule has 0 fully saturated rings. The van der Waals surface area contributed by atoms with E-state index in [1.54, 1.807) is 0 Å². The summed E-state index contributed by atoms with van der Waals surface area (Å²) >= 11 is 0. The molecule has 3 nitrogen and oxygen atoms in total. The van der Waals surface area contributed by atoms with Crippen molar-refractivity contribution < 1.29 is 9.90 Å². The zero-order valence-corrected chi connectivity index (χ0v) is 7.27. The number of carboxylic acid groups (broad SMARTS) is 1. The van der Waals surface area contributed by atoms with Crippen LogP contribution in [0.2, 0.25) is 0 Å². The van der Waals surface area contributed by atoms with Gasteiger partial charge in [-0.05, 0) is 12.1 Å². The SMILES string of the molecule is O=C(O)n1c2ccc1c1ccccc12. The molecule has 2 bridgehead atoms. The zero-order chi connectivity index (χ0) is 9.71. The standard InChI is InChI=1S/C11H7NO2/c13-11(14)12-9-5-6-10(12)8-4-2-1-3-7(8)9/h1-6H,(H,13,14). The summed E-state index contributed by atoms with van der Waals surface area (Å²) in [5.74, 6) is 0. The minimum absolute atomic E-state index is 0.767. The van der Waals surface area contributed by atoms with Crippen LogP contribution in [-0.2, 0) is 0 Å². The van der Waals surface area contributed by atoms with E-state index in [-0.39, 0.29) is 0 Å². The van der Waals surface area contributed by atoms with Gasteiger partial charge in [0.2, 0.25) is 0 Å². The molecule has 0 radical (unpaired) electrons. The van der Waals surface area contributed by atoms with Crippen molar-refractivity contribution in [2.45, 2.75) is 0 Å². The molecule has 3 aromatic rings. The molecule has 0 unspecified atom stereocenters. The normalized spacial score (nSPS) is 11.4. The number of benzene rings is 2. The summed E-state index contributed by atoms with van der Waals surface area (Å²) < 4.78 is 1.32. The van der Waals surface area contributed by atoms with E-state index in [9.17, 15) is 4.79 Å². The molecule has 1 N–H and O–H groups in total. The summed E-state index contributed by atoms with van der Waals surface area (Å²) in [6, 6.07) is 11.4. The third-order valence-corrected chi connectivity index (χ3v) is 2.55. The zero-order valence-electron chi connectivity index (χ0n) is 7.27. The molecule has 14 heavy (non-hydrogen) atoms. The van der Waals surface area contributed by atoms with E-state index in [2.05, 4.69) is 0 Å². The highest BCUT2D eigenvalue weighted by Gasteiger charge is 2.15. The molecule has 0 aliphatic rings. The van der Waals surface area contributed by atoms with Crippen LogP contribution >= 0.6 is 0 Å². The highest BCUT2D eigenvalue weighted by molar-refractivity contribution is 6.14. The van der Waals surface area contributed by atoms with E-state index in [0.29, 0.717) is 0 Å². The van der Waals surface area contributed by atoms with Crippen LogP contribution in [0.15, 0.2) is 36.4 Å². The second-order valence-electron chi connectivity index (χ2n) is 3.27. The molecule has 0 aliphatic heterocycles. The van der Waals surface area contributed by atoms with Gasteiger partial charge in [0, 0.05) is 10.8 Å². The van der Waals surface area contributed by atoms with Crippen molar-refractivity contribution in [3.63, 3.8) is 0 Å². The average molecular weight is 185 g/mol. The fourth-order valence-electron chi connectivity index (χ4n) is 1.99. The third-order valence-electron chi connectivity index (χ3n) is 2.55. The first kappa shape index (κ1) is 7.38. The van der Waals surface area contributed by atoms with Gasteiger partial charge in [-0.15, -0.1) is 0 Å². The van der Waals surface area contributed by atoms with E-state index < -0.39 is 6.09 Å².